The van der Waals surface area contributed by atoms with Gasteiger partial charge in [0, 0.05) is 25.7 Å². The van der Waals surface area contributed by atoms with Gasteiger partial charge in [-0.3, -0.25) is 28.8 Å². The van der Waals surface area contributed by atoms with Crippen LogP contribution in [0.15, 0.2) is 158 Å². The van der Waals surface area contributed by atoms with E-state index < -0.39 is 106 Å². The van der Waals surface area contributed by atoms with E-state index >= 15 is 0 Å². The molecule has 15 aliphatic rings. The number of nitrogens with one attached hydrogen (secondary N) is 4. The van der Waals surface area contributed by atoms with Gasteiger partial charge in [0.15, 0.2) is 0 Å². The lowest BCUT2D eigenvalue weighted by molar-refractivity contribution is -0.184. The Bertz CT molecular complexity index is 3790. The maximum absolute atomic E-state index is 14.6. The predicted octanol–water partition coefficient (Wildman–Crippen LogP) is 9.67. The highest BCUT2D eigenvalue weighted by Crippen LogP contribution is 2.67. The van der Waals surface area contributed by atoms with Crippen LogP contribution in [0.1, 0.15) is 110 Å². The number of methoxy groups -OCH3 is 2. The van der Waals surface area contributed by atoms with Crippen molar-refractivity contribution < 1.29 is 85.8 Å². The van der Waals surface area contributed by atoms with E-state index in [1.54, 1.807) is 146 Å². The van der Waals surface area contributed by atoms with E-state index in [4.69, 9.17) is 37.9 Å². The lowest BCUT2D eigenvalue weighted by Crippen LogP contribution is -2.59. The molecule has 0 unspecified atom stereocenters. The predicted molar refractivity (Wildman–Crippen MR) is 357 cm³/mol. The van der Waals surface area contributed by atoms with Crippen LogP contribution in [0.2, 0.25) is 0 Å². The Kier molecular flexibility index (Phi) is 19.6. The summed E-state index contributed by atoms with van der Waals surface area (Å²) < 4.78 is 46.0. The molecule has 0 saturated heterocycles. The molecule has 6 aromatic rings. The molecule has 100 heavy (non-hydrogen) atoms. The van der Waals surface area contributed by atoms with Crippen molar-refractivity contribution >= 4 is 59.8 Å². The summed E-state index contributed by atoms with van der Waals surface area (Å²) in [5, 5.41) is 10.9. The summed E-state index contributed by atoms with van der Waals surface area (Å²) in [5.41, 5.74) is -0.213. The van der Waals surface area contributed by atoms with Gasteiger partial charge in [0.1, 0.15) is 60.4 Å². The molecule has 8 fully saturated rings. The van der Waals surface area contributed by atoms with E-state index in [-0.39, 0.29) is 98.4 Å². The van der Waals surface area contributed by atoms with E-state index in [1.807, 2.05) is 12.1 Å². The molecule has 8 aliphatic carbocycles. The smallest absolute Gasteiger partial charge is 0.408 e. The van der Waals surface area contributed by atoms with E-state index in [1.165, 1.54) is 14.2 Å². The van der Waals surface area contributed by atoms with Crippen molar-refractivity contribution in [3.8, 4) is 23.0 Å². The Hall–Kier alpha value is -10.4. The molecule has 21 rings (SSSR count). The summed E-state index contributed by atoms with van der Waals surface area (Å²) in [7, 11) is 2.39. The monoisotopic (exact) mass is 1360 g/mol. The molecule has 7 heterocycles. The number of alkyl carbamates (subject to hydrolysis) is 2. The maximum Gasteiger partial charge on any atom is 0.408 e. The summed E-state index contributed by atoms with van der Waals surface area (Å²) in [5.74, 6) is -3.63. The zero-order valence-corrected chi connectivity index (χ0v) is 55.7. The van der Waals surface area contributed by atoms with Gasteiger partial charge in [-0.25, -0.2) is 19.2 Å². The zero-order valence-electron chi connectivity index (χ0n) is 55.7. The number of esters is 6. The molecule has 16 bridgehead atoms. The molecule has 0 aromatic heterocycles. The number of ether oxygens (including phenoxy) is 8. The number of benzene rings is 6. The van der Waals surface area contributed by atoms with Gasteiger partial charge in [-0.2, -0.15) is 0 Å². The number of carbonyl (C=O) groups is 10. The quantitative estimate of drug-likeness (QED) is 0.0626. The van der Waals surface area contributed by atoms with Crippen molar-refractivity contribution in [2.45, 2.75) is 140 Å². The van der Waals surface area contributed by atoms with Gasteiger partial charge in [0.25, 0.3) is 0 Å². The topological polar surface area (TPSA) is 293 Å². The first kappa shape index (κ1) is 68.2. The van der Waals surface area contributed by atoms with Crippen LogP contribution in [0.3, 0.4) is 0 Å². The minimum atomic E-state index is -1.29. The Labute approximate surface area is 578 Å². The second-order valence-corrected chi connectivity index (χ2v) is 28.7. The fourth-order valence-corrected chi connectivity index (χ4v) is 17.5. The third kappa shape index (κ3) is 15.3. The van der Waals surface area contributed by atoms with Crippen molar-refractivity contribution in [3.63, 3.8) is 0 Å². The van der Waals surface area contributed by atoms with Crippen LogP contribution in [0.25, 0.3) is 0 Å². The second-order valence-electron chi connectivity index (χ2n) is 28.7. The van der Waals surface area contributed by atoms with Crippen LogP contribution < -0.4 is 40.2 Å². The molecule has 0 radical (unpaired) electrons. The molecule has 22 nitrogen and oxygen atoms in total. The minimum absolute atomic E-state index is 0.0564. The van der Waals surface area contributed by atoms with E-state index in [0.717, 1.165) is 12.8 Å². The number of hydrogen-bond donors (Lipinski definition) is 4. The van der Waals surface area contributed by atoms with Crippen molar-refractivity contribution in [2.75, 3.05) is 14.2 Å². The summed E-state index contributed by atoms with van der Waals surface area (Å²) in [6, 6.07) is 39.0. The molecule has 520 valence electrons. The fourth-order valence-electron chi connectivity index (χ4n) is 17.5. The van der Waals surface area contributed by atoms with Crippen molar-refractivity contribution in [3.05, 3.63) is 191 Å². The van der Waals surface area contributed by atoms with E-state index in [9.17, 15) is 47.9 Å². The van der Waals surface area contributed by atoms with Crippen molar-refractivity contribution in [2.24, 2.45) is 45.3 Å². The molecule has 4 atom stereocenters. The Balaban J connectivity index is 0.771. The second kappa shape index (κ2) is 28.8. The highest BCUT2D eigenvalue weighted by Gasteiger charge is 2.66. The first-order valence-electron chi connectivity index (χ1n) is 34.2. The van der Waals surface area contributed by atoms with Gasteiger partial charge in [0.05, 0.1) is 35.9 Å². The standard InChI is InChI=1S/C78H80N4O18/c1-93-67(85)63-33-49-17-25-59(26-18-49)99-71(89)77-39-55-30-56(40-77)42-78(41-55,46-77)72(90)100-60-27-19-50(20-28-60)34-64(68(86)94-2)80-66(84)62(82-74(92)96-44-52-11-7-4-8-12-52)32-48-15-23-58(24-16-48)98-70(88)76-37-53-29-54(38-76)36-75(35-53,45-76)69(87)97-57-21-13-47(14-22-57)31-61(65(83)79-63)81-73(91)95-43-51-9-5-3-6-10-51/h3-28,53-56,61-64H,29-46H2,1-2H3,(H,79,83)(H,80,84)(H,81,91)(H,82,92)/t53?,54?,55?,56?,61-,62-,63-,64-,75?,76?,77?,78?/m0/s1. The van der Waals surface area contributed by atoms with Crippen LogP contribution in [-0.4, -0.2) is 98.2 Å². The van der Waals surface area contributed by atoms with Crippen molar-refractivity contribution in [1.29, 1.82) is 0 Å². The maximum atomic E-state index is 14.6. The van der Waals surface area contributed by atoms with Crippen LogP contribution in [0.4, 0.5) is 9.59 Å². The third-order valence-electron chi connectivity index (χ3n) is 21.4. The SMILES string of the molecule is COC(=O)[C@@H]1Cc2ccc(cc2)OC(=O)C23CC4CC(C2)CC(C4)(C3)C(=O)Oc2ccc(cc2)C[C@@H](C(=O)OC)NC(=O)[C@@H](NC(=O)OCc2ccccc2)Cc2ccc(cc2)OC(=O)C23CC4CC(CC(C4)(C2)C(=O)Oc2ccc(cc2)C[C@H](NC(=O)OCc2ccccc2)C(=O)N1)C3. The molecule has 4 amide bonds. The van der Waals surface area contributed by atoms with Gasteiger partial charge in [-0.05, 0) is 183 Å². The first-order chi connectivity index (χ1) is 48.2. The lowest BCUT2D eigenvalue weighted by Gasteiger charge is -2.59. The molecular weight excluding hydrogens is 1280 g/mol. The highest BCUT2D eigenvalue weighted by molar-refractivity contribution is 5.92. The van der Waals surface area contributed by atoms with Gasteiger partial charge in [0.2, 0.25) is 11.8 Å². The number of carbonyl (C=O) groups excluding carboxylic acids is 10. The summed E-state index contributed by atoms with van der Waals surface area (Å²) in [6.07, 6.45) is 4.44. The van der Waals surface area contributed by atoms with Gasteiger partial charge < -0.3 is 59.2 Å². The normalized spacial score (nSPS) is 28.9. The summed E-state index contributed by atoms with van der Waals surface area (Å²) in [4.78, 5) is 141. The molecule has 7 aliphatic heterocycles. The van der Waals surface area contributed by atoms with E-state index in [2.05, 4.69) is 21.3 Å². The van der Waals surface area contributed by atoms with Crippen LogP contribution in [0, 0.1) is 45.3 Å². The largest absolute Gasteiger partial charge is 0.467 e. The Morgan fingerprint density at radius 1 is 0.390 bits per heavy atom. The number of rotatable bonds is 8. The molecule has 8 saturated carbocycles. The average Bonchev–Trinajstić information content (AvgIpc) is 0.718. The molecule has 4 spiro atoms. The highest BCUT2D eigenvalue weighted by atomic mass is 16.6. The van der Waals surface area contributed by atoms with Crippen molar-refractivity contribution in [1.82, 2.24) is 21.3 Å². The molecular formula is C78H80N4O18. The van der Waals surface area contributed by atoms with E-state index in [0.29, 0.717) is 84.7 Å². The Morgan fingerprint density at radius 3 is 0.930 bits per heavy atom. The van der Waals surface area contributed by atoms with Gasteiger partial charge >= 0.3 is 48.0 Å². The lowest BCUT2D eigenvalue weighted by atomic mass is 9.44. The molecule has 6 aromatic carbocycles. The van der Waals surface area contributed by atoms with Crippen LogP contribution in [0.5, 0.6) is 23.0 Å². The number of amides is 4. The first-order valence-corrected chi connectivity index (χ1v) is 34.2. The third-order valence-corrected chi connectivity index (χ3v) is 21.4. The molecule has 22 heteroatoms. The molecule has 4 N–H and O–H groups in total. The fraction of sp³-hybridized carbons (Fsp3) is 0.410. The van der Waals surface area contributed by atoms with Gasteiger partial charge in [-0.1, -0.05) is 109 Å². The Morgan fingerprint density at radius 2 is 0.660 bits per heavy atom. The van der Waals surface area contributed by atoms with Crippen LogP contribution in [-0.2, 0) is 96.2 Å². The number of hydrogen-bond acceptors (Lipinski definition) is 18. The average molecular weight is 1360 g/mol. The summed E-state index contributed by atoms with van der Waals surface area (Å²) in [6.45, 7) is -0.178. The minimum Gasteiger partial charge on any atom is -0.467 e. The van der Waals surface area contributed by atoms with Crippen LogP contribution >= 0.6 is 0 Å². The summed E-state index contributed by atoms with van der Waals surface area (Å²) >= 11 is 0. The van der Waals surface area contributed by atoms with Gasteiger partial charge in [-0.15, -0.1) is 0 Å². The zero-order chi connectivity index (χ0) is 69.8.